The van der Waals surface area contributed by atoms with Crippen LogP contribution in [0.4, 0.5) is 0 Å². The average molecular weight is 303 g/mol. The SMILES string of the molecule is COc1cc2nc(-c3cccc(C)c3Cl)[nH]c2cc1OC. The van der Waals surface area contributed by atoms with E-state index in [-0.39, 0.29) is 0 Å². The van der Waals surface area contributed by atoms with Crippen molar-refractivity contribution in [1.29, 1.82) is 0 Å². The maximum atomic E-state index is 6.36. The highest BCUT2D eigenvalue weighted by molar-refractivity contribution is 6.34. The molecule has 0 fully saturated rings. The van der Waals surface area contributed by atoms with Crippen LogP contribution >= 0.6 is 11.6 Å². The number of rotatable bonds is 3. The summed E-state index contributed by atoms with van der Waals surface area (Å²) in [7, 11) is 3.22. The van der Waals surface area contributed by atoms with Gasteiger partial charge in [0.25, 0.3) is 0 Å². The van der Waals surface area contributed by atoms with Crippen LogP contribution in [-0.2, 0) is 0 Å². The third kappa shape index (κ3) is 2.32. The molecule has 0 atom stereocenters. The van der Waals surface area contributed by atoms with Gasteiger partial charge < -0.3 is 14.5 Å². The van der Waals surface area contributed by atoms with E-state index in [9.17, 15) is 0 Å². The van der Waals surface area contributed by atoms with Gasteiger partial charge in [0.15, 0.2) is 11.5 Å². The first-order chi connectivity index (χ1) is 10.1. The lowest BCUT2D eigenvalue weighted by atomic mass is 10.1. The summed E-state index contributed by atoms with van der Waals surface area (Å²) in [6, 6.07) is 9.60. The average Bonchev–Trinajstić information content (AvgIpc) is 2.90. The van der Waals surface area contributed by atoms with E-state index in [4.69, 9.17) is 21.1 Å². The molecule has 0 amide bonds. The highest BCUT2D eigenvalue weighted by atomic mass is 35.5. The van der Waals surface area contributed by atoms with E-state index < -0.39 is 0 Å². The van der Waals surface area contributed by atoms with Gasteiger partial charge in [-0.1, -0.05) is 23.7 Å². The predicted molar refractivity (Wildman–Crippen MR) is 84.4 cm³/mol. The first kappa shape index (κ1) is 13.8. The summed E-state index contributed by atoms with van der Waals surface area (Å²) in [5.41, 5.74) is 3.58. The maximum absolute atomic E-state index is 6.36. The molecule has 1 N–H and O–H groups in total. The van der Waals surface area contributed by atoms with Crippen LogP contribution in [0.25, 0.3) is 22.4 Å². The number of nitrogens with zero attached hydrogens (tertiary/aromatic N) is 1. The van der Waals surface area contributed by atoms with E-state index in [2.05, 4.69) is 9.97 Å². The highest BCUT2D eigenvalue weighted by Gasteiger charge is 2.13. The molecular formula is C16H15ClN2O2. The number of methoxy groups -OCH3 is 2. The monoisotopic (exact) mass is 302 g/mol. The Hall–Kier alpha value is -2.20. The second-order valence-corrected chi connectivity index (χ2v) is 5.12. The Kier molecular flexibility index (Phi) is 3.47. The molecule has 0 aliphatic heterocycles. The molecule has 3 rings (SSSR count). The largest absolute Gasteiger partial charge is 0.493 e. The predicted octanol–water partition coefficient (Wildman–Crippen LogP) is 4.21. The Morgan fingerprint density at radius 3 is 2.52 bits per heavy atom. The van der Waals surface area contributed by atoms with E-state index >= 15 is 0 Å². The highest BCUT2D eigenvalue weighted by Crippen LogP contribution is 2.34. The second kappa shape index (κ2) is 5.30. The first-order valence-electron chi connectivity index (χ1n) is 6.51. The van der Waals surface area contributed by atoms with Crippen molar-refractivity contribution >= 4 is 22.6 Å². The molecule has 2 aromatic carbocycles. The van der Waals surface area contributed by atoms with Gasteiger partial charge in [-0.3, -0.25) is 0 Å². The maximum Gasteiger partial charge on any atom is 0.163 e. The summed E-state index contributed by atoms with van der Waals surface area (Å²) in [4.78, 5) is 7.87. The number of hydrogen-bond acceptors (Lipinski definition) is 3. The molecule has 0 radical (unpaired) electrons. The van der Waals surface area contributed by atoms with E-state index in [0.717, 1.165) is 28.0 Å². The minimum atomic E-state index is 0.651. The molecule has 0 saturated heterocycles. The molecule has 5 heteroatoms. The van der Waals surface area contributed by atoms with Crippen molar-refractivity contribution in [3.8, 4) is 22.9 Å². The van der Waals surface area contributed by atoms with Gasteiger partial charge >= 0.3 is 0 Å². The minimum absolute atomic E-state index is 0.651. The van der Waals surface area contributed by atoms with Gasteiger partial charge in [0, 0.05) is 17.7 Å². The normalized spacial score (nSPS) is 10.9. The fraction of sp³-hybridized carbons (Fsp3) is 0.188. The van der Waals surface area contributed by atoms with E-state index in [0.29, 0.717) is 16.5 Å². The molecule has 4 nitrogen and oxygen atoms in total. The van der Waals surface area contributed by atoms with Crippen molar-refractivity contribution in [2.45, 2.75) is 6.92 Å². The molecule has 108 valence electrons. The molecule has 0 aliphatic rings. The number of nitrogens with one attached hydrogen (secondary N) is 1. The zero-order valence-corrected chi connectivity index (χ0v) is 12.8. The van der Waals surface area contributed by atoms with E-state index in [1.54, 1.807) is 14.2 Å². The number of benzene rings is 2. The van der Waals surface area contributed by atoms with Crippen LogP contribution in [0, 0.1) is 6.92 Å². The Balaban J connectivity index is 2.19. The van der Waals surface area contributed by atoms with Crippen molar-refractivity contribution in [3.05, 3.63) is 40.9 Å². The number of ether oxygens (including phenoxy) is 2. The van der Waals surface area contributed by atoms with Crippen LogP contribution in [0.5, 0.6) is 11.5 Å². The number of imidazole rings is 1. The van der Waals surface area contributed by atoms with E-state index in [1.807, 2.05) is 37.3 Å². The summed E-state index contributed by atoms with van der Waals surface area (Å²) in [6.07, 6.45) is 0. The quantitative estimate of drug-likeness (QED) is 0.788. The lowest BCUT2D eigenvalue weighted by Crippen LogP contribution is -1.89. The van der Waals surface area contributed by atoms with Crippen molar-refractivity contribution in [2.75, 3.05) is 14.2 Å². The van der Waals surface area contributed by atoms with Crippen LogP contribution in [-0.4, -0.2) is 24.2 Å². The zero-order chi connectivity index (χ0) is 15.0. The number of aryl methyl sites for hydroxylation is 1. The topological polar surface area (TPSA) is 47.1 Å². The second-order valence-electron chi connectivity index (χ2n) is 4.75. The van der Waals surface area contributed by atoms with Gasteiger partial charge in [-0.25, -0.2) is 4.98 Å². The van der Waals surface area contributed by atoms with Gasteiger partial charge in [0.2, 0.25) is 0 Å². The molecular weight excluding hydrogens is 288 g/mol. The summed E-state index contributed by atoms with van der Waals surface area (Å²) in [5, 5.41) is 0.704. The smallest absolute Gasteiger partial charge is 0.163 e. The number of hydrogen-bond donors (Lipinski definition) is 1. The molecule has 3 aromatic rings. The van der Waals surface area contributed by atoms with Crippen molar-refractivity contribution in [1.82, 2.24) is 9.97 Å². The van der Waals surface area contributed by atoms with Gasteiger partial charge in [0.05, 0.1) is 30.3 Å². The van der Waals surface area contributed by atoms with Crippen LogP contribution in [0.3, 0.4) is 0 Å². The molecule has 21 heavy (non-hydrogen) atoms. The van der Waals surface area contributed by atoms with E-state index in [1.165, 1.54) is 0 Å². The Bertz CT molecular complexity index is 770. The third-order valence-electron chi connectivity index (χ3n) is 3.43. The number of fused-ring (bicyclic) bond motifs is 1. The standard InChI is InChI=1S/C16H15ClN2O2/c1-9-5-4-6-10(15(9)17)16-18-11-7-13(20-2)14(21-3)8-12(11)19-16/h4-8H,1-3H3,(H,18,19). The van der Waals surface area contributed by atoms with Crippen molar-refractivity contribution in [2.24, 2.45) is 0 Å². The molecule has 1 heterocycles. The van der Waals surface area contributed by atoms with Crippen LogP contribution in [0.15, 0.2) is 30.3 Å². The number of H-pyrrole nitrogens is 1. The summed E-state index contributed by atoms with van der Waals surface area (Å²) in [6.45, 7) is 1.97. The van der Waals surface area contributed by atoms with Crippen LogP contribution in [0.1, 0.15) is 5.56 Å². The summed E-state index contributed by atoms with van der Waals surface area (Å²) in [5.74, 6) is 2.04. The minimum Gasteiger partial charge on any atom is -0.493 e. The first-order valence-corrected chi connectivity index (χ1v) is 6.89. The molecule has 0 aliphatic carbocycles. The van der Waals surface area contributed by atoms with Gasteiger partial charge in [0.1, 0.15) is 5.82 Å². The van der Waals surface area contributed by atoms with Crippen molar-refractivity contribution in [3.63, 3.8) is 0 Å². The number of aromatic nitrogens is 2. The van der Waals surface area contributed by atoms with Gasteiger partial charge in [-0.05, 0) is 18.6 Å². The van der Waals surface area contributed by atoms with Gasteiger partial charge in [-0.2, -0.15) is 0 Å². The number of halogens is 1. The fourth-order valence-electron chi connectivity index (χ4n) is 2.29. The summed E-state index contributed by atoms with van der Waals surface area (Å²) >= 11 is 6.36. The third-order valence-corrected chi connectivity index (χ3v) is 3.94. The molecule has 0 spiro atoms. The molecule has 1 aromatic heterocycles. The molecule has 0 saturated carbocycles. The molecule has 0 unspecified atom stereocenters. The zero-order valence-electron chi connectivity index (χ0n) is 12.0. The Morgan fingerprint density at radius 1 is 1.10 bits per heavy atom. The van der Waals surface area contributed by atoms with Crippen LogP contribution < -0.4 is 9.47 Å². The van der Waals surface area contributed by atoms with Gasteiger partial charge in [-0.15, -0.1) is 0 Å². The Morgan fingerprint density at radius 2 is 1.81 bits per heavy atom. The lowest BCUT2D eigenvalue weighted by molar-refractivity contribution is 0.356. The van der Waals surface area contributed by atoms with Crippen LogP contribution in [0.2, 0.25) is 5.02 Å². The van der Waals surface area contributed by atoms with Crippen molar-refractivity contribution < 1.29 is 9.47 Å². The fourth-order valence-corrected chi connectivity index (χ4v) is 2.51. The summed E-state index contributed by atoms with van der Waals surface area (Å²) < 4.78 is 10.6. The number of aromatic amines is 1. The lowest BCUT2D eigenvalue weighted by Gasteiger charge is -2.06. The molecule has 0 bridgehead atoms. The Labute approximate surface area is 127 Å².